The smallest absolute Gasteiger partial charge is 0.257 e. The van der Waals surface area contributed by atoms with Crippen molar-refractivity contribution in [1.29, 1.82) is 0 Å². The second kappa shape index (κ2) is 6.47. The Morgan fingerprint density at radius 1 is 0.958 bits per heavy atom. The van der Waals surface area contributed by atoms with Gasteiger partial charge in [0.15, 0.2) is 23.2 Å². The van der Waals surface area contributed by atoms with Crippen LogP contribution in [0.1, 0.15) is 33.6 Å². The first-order chi connectivity index (χ1) is 11.5. The van der Waals surface area contributed by atoms with E-state index in [0.717, 1.165) is 6.07 Å². The van der Waals surface area contributed by atoms with E-state index in [4.69, 9.17) is 0 Å². The number of halogens is 3. The second-order valence-corrected chi connectivity index (χ2v) is 5.61. The van der Waals surface area contributed by atoms with Crippen LogP contribution in [0.5, 0.6) is 0 Å². The number of ketones is 1. The van der Waals surface area contributed by atoms with Gasteiger partial charge in [0.2, 0.25) is 0 Å². The first kappa shape index (κ1) is 16.2. The Kier molecular flexibility index (Phi) is 4.38. The summed E-state index contributed by atoms with van der Waals surface area (Å²) in [6.07, 6.45) is 1.03. The molecule has 1 aliphatic rings. The molecule has 124 valence electrons. The molecule has 6 heteroatoms. The normalized spacial score (nSPS) is 17.1. The number of rotatable bonds is 3. The van der Waals surface area contributed by atoms with Crippen molar-refractivity contribution in [2.75, 3.05) is 6.54 Å². The molecular weight excluding hydrogens is 319 g/mol. The van der Waals surface area contributed by atoms with Gasteiger partial charge in [0, 0.05) is 12.1 Å². The molecule has 0 bridgehead atoms. The Hall–Kier alpha value is -2.63. The van der Waals surface area contributed by atoms with Crippen molar-refractivity contribution < 1.29 is 22.8 Å². The lowest BCUT2D eigenvalue weighted by molar-refractivity contribution is 0.0667. The monoisotopic (exact) mass is 333 g/mol. The predicted octanol–water partition coefficient (Wildman–Crippen LogP) is 3.59. The molecular formula is C18H14F3NO2. The fraction of sp³-hybridized carbons (Fsp3) is 0.222. The lowest BCUT2D eigenvalue weighted by atomic mass is 10.0. The van der Waals surface area contributed by atoms with Gasteiger partial charge >= 0.3 is 0 Å². The summed E-state index contributed by atoms with van der Waals surface area (Å²) in [4.78, 5) is 26.3. The van der Waals surface area contributed by atoms with Crippen molar-refractivity contribution in [3.8, 4) is 0 Å². The van der Waals surface area contributed by atoms with Gasteiger partial charge in [-0.05, 0) is 25.0 Å². The summed E-state index contributed by atoms with van der Waals surface area (Å²) in [6, 6.07) is 9.35. The highest BCUT2D eigenvalue weighted by molar-refractivity contribution is 6.04. The summed E-state index contributed by atoms with van der Waals surface area (Å²) in [5.74, 6) is -5.63. The van der Waals surface area contributed by atoms with Gasteiger partial charge in [-0.15, -0.1) is 0 Å². The number of nitrogens with zero attached hydrogens (tertiary/aromatic N) is 1. The maximum Gasteiger partial charge on any atom is 0.257 e. The Morgan fingerprint density at radius 3 is 2.38 bits per heavy atom. The minimum Gasteiger partial charge on any atom is -0.328 e. The van der Waals surface area contributed by atoms with Crippen LogP contribution >= 0.6 is 0 Å². The van der Waals surface area contributed by atoms with E-state index in [9.17, 15) is 22.8 Å². The summed E-state index contributed by atoms with van der Waals surface area (Å²) in [5.41, 5.74) is -0.116. The van der Waals surface area contributed by atoms with Crippen molar-refractivity contribution in [1.82, 2.24) is 4.90 Å². The van der Waals surface area contributed by atoms with E-state index in [1.807, 2.05) is 0 Å². The molecule has 2 aromatic carbocycles. The molecule has 0 spiro atoms. The molecule has 0 aromatic heterocycles. The third-order valence-corrected chi connectivity index (χ3v) is 4.14. The van der Waals surface area contributed by atoms with Crippen LogP contribution < -0.4 is 0 Å². The molecule has 2 aromatic rings. The number of hydrogen-bond donors (Lipinski definition) is 0. The highest BCUT2D eigenvalue weighted by Gasteiger charge is 2.36. The molecule has 1 fully saturated rings. The third kappa shape index (κ3) is 2.79. The molecule has 3 nitrogen and oxygen atoms in total. The molecule has 0 aliphatic carbocycles. The number of benzene rings is 2. The summed E-state index contributed by atoms with van der Waals surface area (Å²) in [5, 5.41) is 0. The van der Waals surface area contributed by atoms with Crippen molar-refractivity contribution in [2.24, 2.45) is 0 Å². The SMILES string of the molecule is O=C(c1ccccc1)C1CCCN1C(=O)c1ccc(F)c(F)c1F. The largest absolute Gasteiger partial charge is 0.328 e. The number of carbonyl (C=O) groups is 2. The minimum absolute atomic E-state index is 0.246. The lowest BCUT2D eigenvalue weighted by Crippen LogP contribution is -2.41. The number of amides is 1. The molecule has 24 heavy (non-hydrogen) atoms. The van der Waals surface area contributed by atoms with E-state index in [1.165, 1.54) is 4.90 Å². The second-order valence-electron chi connectivity index (χ2n) is 5.61. The number of carbonyl (C=O) groups excluding carboxylic acids is 2. The average molecular weight is 333 g/mol. The standard InChI is InChI=1S/C18H14F3NO2/c19-13-9-8-12(15(20)16(13)21)18(24)22-10-4-7-14(22)17(23)11-5-2-1-3-6-11/h1-3,5-6,8-9,14H,4,7,10H2. The predicted molar refractivity (Wildman–Crippen MR) is 81.1 cm³/mol. The van der Waals surface area contributed by atoms with E-state index in [-0.39, 0.29) is 12.3 Å². The van der Waals surface area contributed by atoms with Gasteiger partial charge in [-0.25, -0.2) is 13.2 Å². The van der Waals surface area contributed by atoms with E-state index in [0.29, 0.717) is 24.5 Å². The van der Waals surface area contributed by atoms with E-state index < -0.39 is 35.0 Å². The zero-order valence-corrected chi connectivity index (χ0v) is 12.6. The molecule has 1 aliphatic heterocycles. The van der Waals surface area contributed by atoms with Gasteiger partial charge in [-0.1, -0.05) is 30.3 Å². The molecule has 1 atom stereocenters. The third-order valence-electron chi connectivity index (χ3n) is 4.14. The molecule has 1 heterocycles. The first-order valence-corrected chi connectivity index (χ1v) is 7.54. The molecule has 0 N–H and O–H groups in total. The minimum atomic E-state index is -1.69. The fourth-order valence-electron chi connectivity index (χ4n) is 2.92. The molecule has 1 unspecified atom stereocenters. The van der Waals surface area contributed by atoms with Crippen LogP contribution in [0.2, 0.25) is 0 Å². The van der Waals surface area contributed by atoms with Crippen LogP contribution in [0.25, 0.3) is 0 Å². The van der Waals surface area contributed by atoms with E-state index in [2.05, 4.69) is 0 Å². The van der Waals surface area contributed by atoms with Gasteiger partial charge in [-0.2, -0.15) is 0 Å². The molecule has 0 saturated carbocycles. The Bertz CT molecular complexity index is 792. The van der Waals surface area contributed by atoms with Crippen LogP contribution in [0.15, 0.2) is 42.5 Å². The van der Waals surface area contributed by atoms with Crippen LogP contribution in [0.4, 0.5) is 13.2 Å². The Balaban J connectivity index is 1.90. The van der Waals surface area contributed by atoms with Gasteiger partial charge < -0.3 is 4.90 Å². The lowest BCUT2D eigenvalue weighted by Gasteiger charge is -2.24. The van der Waals surface area contributed by atoms with Crippen LogP contribution in [0.3, 0.4) is 0 Å². The fourth-order valence-corrected chi connectivity index (χ4v) is 2.92. The number of hydrogen-bond acceptors (Lipinski definition) is 2. The van der Waals surface area contributed by atoms with Gasteiger partial charge in [-0.3, -0.25) is 9.59 Å². The number of likely N-dealkylation sites (tertiary alicyclic amines) is 1. The maximum atomic E-state index is 13.9. The van der Waals surface area contributed by atoms with Crippen LogP contribution in [-0.2, 0) is 0 Å². The van der Waals surface area contributed by atoms with Crippen molar-refractivity contribution >= 4 is 11.7 Å². The average Bonchev–Trinajstić information content (AvgIpc) is 3.09. The summed E-state index contributed by atoms with van der Waals surface area (Å²) >= 11 is 0. The highest BCUT2D eigenvalue weighted by Crippen LogP contribution is 2.25. The zero-order valence-electron chi connectivity index (χ0n) is 12.6. The highest BCUT2D eigenvalue weighted by atomic mass is 19.2. The van der Waals surface area contributed by atoms with Gasteiger partial charge in [0.25, 0.3) is 5.91 Å². The zero-order chi connectivity index (χ0) is 17.3. The van der Waals surface area contributed by atoms with Gasteiger partial charge in [0.05, 0.1) is 11.6 Å². The molecule has 3 rings (SSSR count). The summed E-state index contributed by atoms with van der Waals surface area (Å²) in [6.45, 7) is 0.264. The molecule has 1 amide bonds. The topological polar surface area (TPSA) is 37.4 Å². The Morgan fingerprint density at radius 2 is 1.67 bits per heavy atom. The Labute approximate surface area is 136 Å². The first-order valence-electron chi connectivity index (χ1n) is 7.54. The van der Waals surface area contributed by atoms with Gasteiger partial charge in [0.1, 0.15) is 0 Å². The molecule has 0 radical (unpaired) electrons. The van der Waals surface area contributed by atoms with E-state index >= 15 is 0 Å². The maximum absolute atomic E-state index is 13.9. The quantitative estimate of drug-likeness (QED) is 0.636. The van der Waals surface area contributed by atoms with E-state index in [1.54, 1.807) is 30.3 Å². The summed E-state index contributed by atoms with van der Waals surface area (Å²) < 4.78 is 40.3. The molecule has 1 saturated heterocycles. The van der Waals surface area contributed by atoms with Crippen molar-refractivity contribution in [2.45, 2.75) is 18.9 Å². The van der Waals surface area contributed by atoms with Crippen molar-refractivity contribution in [3.05, 3.63) is 71.0 Å². The number of Topliss-reactive ketones (excluding diaryl/α,β-unsaturated/α-hetero) is 1. The summed E-state index contributed by atoms with van der Waals surface area (Å²) in [7, 11) is 0. The van der Waals surface area contributed by atoms with Crippen LogP contribution in [-0.4, -0.2) is 29.2 Å². The van der Waals surface area contributed by atoms with Crippen LogP contribution in [0, 0.1) is 17.5 Å². The van der Waals surface area contributed by atoms with Crippen molar-refractivity contribution in [3.63, 3.8) is 0 Å².